The molecule has 1 atom stereocenters. The van der Waals surface area contributed by atoms with E-state index in [0.717, 1.165) is 18.9 Å². The fraction of sp³-hybridized carbons (Fsp3) is 0.333. The van der Waals surface area contributed by atoms with E-state index in [0.29, 0.717) is 6.04 Å². The van der Waals surface area contributed by atoms with E-state index in [9.17, 15) is 4.39 Å². The first-order valence-electron chi connectivity index (χ1n) is 7.36. The topological polar surface area (TPSA) is 12.0 Å². The molecule has 0 aromatic heterocycles. The van der Waals surface area contributed by atoms with Gasteiger partial charge in [0.05, 0.1) is 0 Å². The Morgan fingerprint density at radius 1 is 1.00 bits per heavy atom. The summed E-state index contributed by atoms with van der Waals surface area (Å²) in [5.41, 5.74) is 2.57. The smallest absolute Gasteiger partial charge is 0.123 e. The third-order valence-electron chi connectivity index (χ3n) is 3.94. The average molecular weight is 269 g/mol. The third kappa shape index (κ3) is 3.45. The van der Waals surface area contributed by atoms with Crippen molar-refractivity contribution < 1.29 is 4.39 Å². The van der Waals surface area contributed by atoms with Gasteiger partial charge in [0, 0.05) is 6.04 Å². The monoisotopic (exact) mass is 269 g/mol. The van der Waals surface area contributed by atoms with Gasteiger partial charge < -0.3 is 5.32 Å². The van der Waals surface area contributed by atoms with E-state index < -0.39 is 0 Å². The Kier molecular flexibility index (Phi) is 4.12. The molecule has 1 aliphatic carbocycles. The van der Waals surface area contributed by atoms with Crippen LogP contribution in [-0.4, -0.2) is 6.54 Å². The second-order valence-corrected chi connectivity index (χ2v) is 5.56. The Bertz CT molecular complexity index is 531. The van der Waals surface area contributed by atoms with Crippen molar-refractivity contribution in [3.63, 3.8) is 0 Å². The van der Waals surface area contributed by atoms with E-state index >= 15 is 0 Å². The summed E-state index contributed by atoms with van der Waals surface area (Å²) in [5, 5.41) is 3.67. The van der Waals surface area contributed by atoms with Gasteiger partial charge in [-0.2, -0.15) is 0 Å². The summed E-state index contributed by atoms with van der Waals surface area (Å²) < 4.78 is 12.9. The minimum Gasteiger partial charge on any atom is -0.309 e. The van der Waals surface area contributed by atoms with Gasteiger partial charge in [0.25, 0.3) is 0 Å². The molecule has 0 heterocycles. The lowest BCUT2D eigenvalue weighted by Crippen LogP contribution is -2.25. The summed E-state index contributed by atoms with van der Waals surface area (Å²) in [7, 11) is 0. The number of nitrogens with one attached hydrogen (secondary N) is 1. The number of benzene rings is 2. The van der Waals surface area contributed by atoms with E-state index in [-0.39, 0.29) is 5.82 Å². The van der Waals surface area contributed by atoms with Gasteiger partial charge in [0.2, 0.25) is 0 Å². The molecule has 1 saturated carbocycles. The van der Waals surface area contributed by atoms with Crippen LogP contribution in [0.1, 0.15) is 30.0 Å². The van der Waals surface area contributed by atoms with Gasteiger partial charge in [0.1, 0.15) is 5.82 Å². The van der Waals surface area contributed by atoms with Gasteiger partial charge >= 0.3 is 0 Å². The van der Waals surface area contributed by atoms with Gasteiger partial charge in [0.15, 0.2) is 0 Å². The van der Waals surface area contributed by atoms with Crippen molar-refractivity contribution in [2.45, 2.75) is 25.3 Å². The Balaban J connectivity index is 1.57. The lowest BCUT2D eigenvalue weighted by atomic mass is 10.0. The second-order valence-electron chi connectivity index (χ2n) is 5.56. The largest absolute Gasteiger partial charge is 0.309 e. The Labute approximate surface area is 119 Å². The van der Waals surface area contributed by atoms with E-state index in [1.165, 1.54) is 36.1 Å². The van der Waals surface area contributed by atoms with Crippen molar-refractivity contribution in [1.29, 1.82) is 0 Å². The highest BCUT2D eigenvalue weighted by Gasteiger charge is 2.31. The van der Waals surface area contributed by atoms with Crippen molar-refractivity contribution in [3.05, 3.63) is 71.5 Å². The fourth-order valence-corrected chi connectivity index (χ4v) is 2.67. The molecule has 104 valence electrons. The zero-order chi connectivity index (χ0) is 13.8. The average Bonchev–Trinajstić information content (AvgIpc) is 3.31. The molecule has 2 heteroatoms. The lowest BCUT2D eigenvalue weighted by molar-refractivity contribution is 0.484. The van der Waals surface area contributed by atoms with Gasteiger partial charge in [-0.3, -0.25) is 0 Å². The third-order valence-corrected chi connectivity index (χ3v) is 3.94. The molecule has 1 nitrogen and oxygen atoms in total. The molecular weight excluding hydrogens is 249 g/mol. The van der Waals surface area contributed by atoms with Crippen LogP contribution < -0.4 is 5.32 Å². The highest BCUT2D eigenvalue weighted by Crippen LogP contribution is 2.40. The molecule has 0 bridgehead atoms. The van der Waals surface area contributed by atoms with E-state index in [1.54, 1.807) is 0 Å². The first-order chi connectivity index (χ1) is 9.83. The Morgan fingerprint density at radius 3 is 2.35 bits per heavy atom. The van der Waals surface area contributed by atoms with Crippen molar-refractivity contribution in [2.24, 2.45) is 5.92 Å². The molecule has 1 aliphatic rings. The van der Waals surface area contributed by atoms with Crippen molar-refractivity contribution in [2.75, 3.05) is 6.54 Å². The molecule has 0 aliphatic heterocycles. The predicted molar refractivity (Wildman–Crippen MR) is 80.0 cm³/mol. The maximum absolute atomic E-state index is 12.9. The molecule has 1 N–H and O–H groups in total. The molecular formula is C18H20FN. The van der Waals surface area contributed by atoms with Crippen molar-refractivity contribution in [3.8, 4) is 0 Å². The van der Waals surface area contributed by atoms with Crippen LogP contribution in [0.25, 0.3) is 0 Å². The summed E-state index contributed by atoms with van der Waals surface area (Å²) >= 11 is 0. The van der Waals surface area contributed by atoms with Crippen LogP contribution in [0.3, 0.4) is 0 Å². The quantitative estimate of drug-likeness (QED) is 0.832. The van der Waals surface area contributed by atoms with Gasteiger partial charge in [-0.1, -0.05) is 42.5 Å². The van der Waals surface area contributed by atoms with Crippen LogP contribution in [0.15, 0.2) is 54.6 Å². The number of rotatable bonds is 6. The molecule has 0 spiro atoms. The highest BCUT2D eigenvalue weighted by molar-refractivity contribution is 5.21. The Hall–Kier alpha value is -1.67. The van der Waals surface area contributed by atoms with E-state index in [1.807, 2.05) is 12.1 Å². The number of hydrogen-bond acceptors (Lipinski definition) is 1. The molecule has 1 unspecified atom stereocenters. The predicted octanol–water partition coefficient (Wildman–Crippen LogP) is 4.11. The van der Waals surface area contributed by atoms with Gasteiger partial charge in [-0.15, -0.1) is 0 Å². The normalized spacial score (nSPS) is 16.1. The molecule has 2 aromatic carbocycles. The molecule has 1 fully saturated rings. The van der Waals surface area contributed by atoms with Gasteiger partial charge in [-0.25, -0.2) is 4.39 Å². The SMILES string of the molecule is Fc1ccc(CCNC(c2ccccc2)C2CC2)cc1. The molecule has 20 heavy (non-hydrogen) atoms. The van der Waals surface area contributed by atoms with Gasteiger partial charge in [-0.05, 0) is 55.0 Å². The minimum absolute atomic E-state index is 0.165. The van der Waals surface area contributed by atoms with Crippen LogP contribution in [-0.2, 0) is 6.42 Å². The van der Waals surface area contributed by atoms with Crippen LogP contribution in [0.5, 0.6) is 0 Å². The summed E-state index contributed by atoms with van der Waals surface area (Å²) in [6, 6.07) is 17.9. The van der Waals surface area contributed by atoms with Crippen LogP contribution in [0.4, 0.5) is 4.39 Å². The molecule has 0 amide bonds. The highest BCUT2D eigenvalue weighted by atomic mass is 19.1. The van der Waals surface area contributed by atoms with Crippen LogP contribution >= 0.6 is 0 Å². The molecule has 2 aromatic rings. The summed E-state index contributed by atoms with van der Waals surface area (Å²) in [5.74, 6) is 0.618. The molecule has 0 saturated heterocycles. The van der Waals surface area contributed by atoms with Crippen molar-refractivity contribution >= 4 is 0 Å². The van der Waals surface area contributed by atoms with E-state index in [4.69, 9.17) is 0 Å². The van der Waals surface area contributed by atoms with Crippen molar-refractivity contribution in [1.82, 2.24) is 5.32 Å². The zero-order valence-electron chi connectivity index (χ0n) is 11.6. The minimum atomic E-state index is -0.165. The fourth-order valence-electron chi connectivity index (χ4n) is 2.67. The zero-order valence-corrected chi connectivity index (χ0v) is 11.6. The molecule has 3 rings (SSSR count). The first kappa shape index (κ1) is 13.3. The Morgan fingerprint density at radius 2 is 1.70 bits per heavy atom. The summed E-state index contributed by atoms with van der Waals surface area (Å²) in [4.78, 5) is 0. The van der Waals surface area contributed by atoms with E-state index in [2.05, 4.69) is 35.6 Å². The van der Waals surface area contributed by atoms with Crippen LogP contribution in [0, 0.1) is 11.7 Å². The maximum Gasteiger partial charge on any atom is 0.123 e. The standard InChI is InChI=1S/C18H20FN/c19-17-10-6-14(7-11-17)12-13-20-18(16-8-9-16)15-4-2-1-3-5-15/h1-7,10-11,16,18,20H,8-9,12-13H2. The first-order valence-corrected chi connectivity index (χ1v) is 7.36. The number of halogens is 1. The summed E-state index contributed by atoms with van der Waals surface area (Å²) in [6.45, 7) is 0.932. The number of hydrogen-bond donors (Lipinski definition) is 1. The van der Waals surface area contributed by atoms with Crippen LogP contribution in [0.2, 0.25) is 0 Å². The maximum atomic E-state index is 12.9. The lowest BCUT2D eigenvalue weighted by Gasteiger charge is -2.18. The second kappa shape index (κ2) is 6.19. The molecule has 0 radical (unpaired) electrons. The summed E-state index contributed by atoms with van der Waals surface area (Å²) in [6.07, 6.45) is 3.59.